The summed E-state index contributed by atoms with van der Waals surface area (Å²) in [6, 6.07) is 27.9. The Balaban J connectivity index is 1.25. The number of para-hydroxylation sites is 2. The molecule has 7 nitrogen and oxygen atoms in total. The number of carbonyl (C=O) groups is 4. The summed E-state index contributed by atoms with van der Waals surface area (Å²) >= 11 is 0. The average Bonchev–Trinajstić information content (AvgIpc) is 3.52. The molecule has 2 heterocycles. The second kappa shape index (κ2) is 9.45. The van der Waals surface area contributed by atoms with Gasteiger partial charge in [0.15, 0.2) is 0 Å². The van der Waals surface area contributed by atoms with Crippen LogP contribution in [0.25, 0.3) is 10.8 Å². The lowest BCUT2D eigenvalue weighted by atomic mass is 10.0. The number of hydrogen-bond donors (Lipinski definition) is 0. The van der Waals surface area contributed by atoms with Crippen LogP contribution in [0.5, 0.6) is 0 Å². The number of anilines is 2. The van der Waals surface area contributed by atoms with Crippen LogP contribution in [0, 0.1) is 5.92 Å². The Labute approximate surface area is 231 Å². The van der Waals surface area contributed by atoms with Gasteiger partial charge in [-0.2, -0.15) is 0 Å². The van der Waals surface area contributed by atoms with Crippen molar-refractivity contribution in [2.45, 2.75) is 31.8 Å². The molecule has 7 rings (SSSR count). The van der Waals surface area contributed by atoms with E-state index in [0.29, 0.717) is 41.9 Å². The van der Waals surface area contributed by atoms with E-state index in [9.17, 15) is 19.2 Å². The predicted octanol–water partition coefficient (Wildman–Crippen LogP) is 5.18. The number of rotatable bonds is 4. The van der Waals surface area contributed by atoms with Crippen LogP contribution in [0.2, 0.25) is 0 Å². The highest BCUT2D eigenvalue weighted by molar-refractivity contribution is 6.24. The molecule has 4 aromatic rings. The summed E-state index contributed by atoms with van der Waals surface area (Å²) in [5.41, 5.74) is 2.92. The molecule has 4 aromatic carbocycles. The molecule has 198 valence electrons. The Morgan fingerprint density at radius 2 is 1.30 bits per heavy atom. The summed E-state index contributed by atoms with van der Waals surface area (Å²) in [5, 5.41) is 1.73. The van der Waals surface area contributed by atoms with Crippen molar-refractivity contribution in [2.24, 2.45) is 5.92 Å². The van der Waals surface area contributed by atoms with Crippen LogP contribution in [-0.2, 0) is 16.1 Å². The van der Waals surface area contributed by atoms with Gasteiger partial charge in [0, 0.05) is 6.04 Å². The smallest absolute Gasteiger partial charge is 0.262 e. The van der Waals surface area contributed by atoms with Gasteiger partial charge in [-0.25, -0.2) is 0 Å². The van der Waals surface area contributed by atoms with Gasteiger partial charge in [-0.05, 0) is 53.4 Å². The molecule has 0 bridgehead atoms. The highest BCUT2D eigenvalue weighted by atomic mass is 16.2. The maximum absolute atomic E-state index is 14.1. The van der Waals surface area contributed by atoms with Gasteiger partial charge in [0.05, 0.1) is 35.0 Å². The van der Waals surface area contributed by atoms with E-state index in [0.717, 1.165) is 27.7 Å². The fourth-order valence-electron chi connectivity index (χ4n) is 6.51. The molecule has 0 radical (unpaired) electrons. The Kier molecular flexibility index (Phi) is 5.73. The minimum absolute atomic E-state index is 0.00141. The van der Waals surface area contributed by atoms with Gasteiger partial charge in [0.1, 0.15) is 6.54 Å². The second-order valence-corrected chi connectivity index (χ2v) is 10.7. The van der Waals surface area contributed by atoms with Crippen molar-refractivity contribution in [1.82, 2.24) is 4.90 Å². The summed E-state index contributed by atoms with van der Waals surface area (Å²) < 4.78 is 0. The van der Waals surface area contributed by atoms with Crippen LogP contribution in [0.3, 0.4) is 0 Å². The average molecular weight is 530 g/mol. The maximum atomic E-state index is 14.1. The standard InChI is InChI=1S/C33H27N3O4/c37-30(20-35-32(39)25-17-22-11-4-5-12-23(22)18-26(25)33(35)40)36-27-16-8-13-24(27)31(38)34(19-21-9-2-1-3-10-21)28-14-6-7-15-29(28)36/h1-7,9-12,14-15,17-18,24,27H,8,13,16,19-20H2/t24-,27+/m0/s1. The van der Waals surface area contributed by atoms with Crippen LogP contribution in [-0.4, -0.2) is 41.1 Å². The lowest BCUT2D eigenvalue weighted by Crippen LogP contribution is -2.49. The molecule has 1 aliphatic carbocycles. The molecule has 40 heavy (non-hydrogen) atoms. The van der Waals surface area contributed by atoms with E-state index in [-0.39, 0.29) is 30.3 Å². The van der Waals surface area contributed by atoms with E-state index < -0.39 is 11.8 Å². The van der Waals surface area contributed by atoms with Crippen molar-refractivity contribution in [3.63, 3.8) is 0 Å². The fourth-order valence-corrected chi connectivity index (χ4v) is 6.51. The molecule has 2 aliphatic heterocycles. The Morgan fingerprint density at radius 3 is 1.98 bits per heavy atom. The number of fused-ring (bicyclic) bond motifs is 4. The molecular formula is C33H27N3O4. The number of carbonyl (C=O) groups excluding carboxylic acids is 4. The summed E-state index contributed by atoms with van der Waals surface area (Å²) in [5.74, 6) is -1.65. The first-order chi connectivity index (χ1) is 19.5. The Hall–Kier alpha value is -4.78. The molecule has 4 amide bonds. The number of benzene rings is 4. The molecule has 0 aromatic heterocycles. The third-order valence-corrected chi connectivity index (χ3v) is 8.41. The molecule has 0 unspecified atom stereocenters. The molecule has 0 N–H and O–H groups in total. The lowest BCUT2D eigenvalue weighted by molar-refractivity contribution is -0.123. The van der Waals surface area contributed by atoms with Crippen molar-refractivity contribution >= 4 is 45.8 Å². The van der Waals surface area contributed by atoms with Crippen LogP contribution in [0.1, 0.15) is 45.5 Å². The molecule has 0 spiro atoms. The van der Waals surface area contributed by atoms with E-state index in [1.54, 1.807) is 21.9 Å². The zero-order chi connectivity index (χ0) is 27.4. The Morgan fingerprint density at radius 1 is 0.700 bits per heavy atom. The Bertz CT molecular complexity index is 1640. The van der Waals surface area contributed by atoms with E-state index in [4.69, 9.17) is 0 Å². The van der Waals surface area contributed by atoms with Crippen molar-refractivity contribution in [3.05, 3.63) is 108 Å². The van der Waals surface area contributed by atoms with Crippen LogP contribution in [0.15, 0.2) is 91.0 Å². The second-order valence-electron chi connectivity index (χ2n) is 10.7. The zero-order valence-electron chi connectivity index (χ0n) is 21.8. The normalized spacial score (nSPS) is 20.0. The highest BCUT2D eigenvalue weighted by Gasteiger charge is 2.47. The minimum atomic E-state index is -0.466. The van der Waals surface area contributed by atoms with Gasteiger partial charge in [0.25, 0.3) is 11.8 Å². The van der Waals surface area contributed by atoms with E-state index in [1.807, 2.05) is 78.9 Å². The quantitative estimate of drug-likeness (QED) is 0.341. The predicted molar refractivity (Wildman–Crippen MR) is 152 cm³/mol. The third-order valence-electron chi connectivity index (χ3n) is 8.41. The van der Waals surface area contributed by atoms with Gasteiger partial charge in [-0.15, -0.1) is 0 Å². The van der Waals surface area contributed by atoms with Crippen LogP contribution in [0.4, 0.5) is 11.4 Å². The number of hydrogen-bond acceptors (Lipinski definition) is 4. The van der Waals surface area contributed by atoms with E-state index in [1.165, 1.54) is 0 Å². The molecule has 7 heteroatoms. The highest BCUT2D eigenvalue weighted by Crippen LogP contribution is 2.43. The molecule has 3 aliphatic rings. The van der Waals surface area contributed by atoms with Crippen LogP contribution < -0.4 is 9.80 Å². The first kappa shape index (κ1) is 24.3. The largest absolute Gasteiger partial charge is 0.306 e. The molecule has 0 saturated heterocycles. The van der Waals surface area contributed by atoms with Crippen molar-refractivity contribution in [3.8, 4) is 0 Å². The van der Waals surface area contributed by atoms with Gasteiger partial charge in [-0.3, -0.25) is 24.1 Å². The summed E-state index contributed by atoms with van der Waals surface area (Å²) in [6.45, 7) is 0.0149. The SMILES string of the molecule is O=C1c2cc3ccccc3cc2C(=O)N1CC(=O)N1c2ccccc2N(Cc2ccccc2)C(=O)[C@H]2CCC[C@H]21. The van der Waals surface area contributed by atoms with Crippen LogP contribution >= 0.6 is 0 Å². The summed E-state index contributed by atoms with van der Waals surface area (Å²) in [7, 11) is 0. The fraction of sp³-hybridized carbons (Fsp3) is 0.212. The van der Waals surface area contributed by atoms with Gasteiger partial charge < -0.3 is 9.80 Å². The van der Waals surface area contributed by atoms with Gasteiger partial charge in [0.2, 0.25) is 11.8 Å². The minimum Gasteiger partial charge on any atom is -0.306 e. The maximum Gasteiger partial charge on any atom is 0.262 e. The number of amides is 4. The molecule has 2 atom stereocenters. The molecule has 1 fully saturated rings. The lowest BCUT2D eigenvalue weighted by Gasteiger charge is -2.31. The topological polar surface area (TPSA) is 78.0 Å². The van der Waals surface area contributed by atoms with Gasteiger partial charge >= 0.3 is 0 Å². The van der Waals surface area contributed by atoms with E-state index in [2.05, 4.69) is 0 Å². The van der Waals surface area contributed by atoms with Crippen molar-refractivity contribution in [2.75, 3.05) is 16.3 Å². The monoisotopic (exact) mass is 529 g/mol. The first-order valence-corrected chi connectivity index (χ1v) is 13.7. The zero-order valence-corrected chi connectivity index (χ0v) is 21.8. The summed E-state index contributed by atoms with van der Waals surface area (Å²) in [4.78, 5) is 59.4. The molecule has 1 saturated carbocycles. The molecular weight excluding hydrogens is 502 g/mol. The van der Waals surface area contributed by atoms with Crippen molar-refractivity contribution in [1.29, 1.82) is 0 Å². The third kappa shape index (κ3) is 3.80. The van der Waals surface area contributed by atoms with E-state index >= 15 is 0 Å². The number of imide groups is 1. The van der Waals surface area contributed by atoms with Crippen molar-refractivity contribution < 1.29 is 19.2 Å². The van der Waals surface area contributed by atoms with Gasteiger partial charge in [-0.1, -0.05) is 73.2 Å². The number of nitrogens with zero attached hydrogens (tertiary/aromatic N) is 3. The summed E-state index contributed by atoms with van der Waals surface area (Å²) in [6.07, 6.45) is 2.20. The first-order valence-electron chi connectivity index (χ1n) is 13.7.